The van der Waals surface area contributed by atoms with E-state index in [1.54, 1.807) is 7.11 Å². The number of carbonyl (C=O) groups is 2. The third-order valence-electron chi connectivity index (χ3n) is 11.0. The molecule has 65 heavy (non-hydrogen) atoms. The van der Waals surface area contributed by atoms with Crippen LogP contribution in [0.4, 0.5) is 0 Å². The van der Waals surface area contributed by atoms with Gasteiger partial charge in [0.1, 0.15) is 36.6 Å². The van der Waals surface area contributed by atoms with E-state index in [0.717, 1.165) is 27.8 Å². The third kappa shape index (κ3) is 14.1. The van der Waals surface area contributed by atoms with E-state index in [0.29, 0.717) is 0 Å². The Hall–Kier alpha value is -5.32. The molecule has 13 nitrogen and oxygen atoms in total. The normalized spacial score (nSPS) is 25.4. The minimum absolute atomic E-state index is 0.0470. The van der Waals surface area contributed by atoms with Gasteiger partial charge in [-0.2, -0.15) is 0 Å². The van der Waals surface area contributed by atoms with Crippen molar-refractivity contribution in [2.24, 2.45) is 0 Å². The van der Waals surface area contributed by atoms with Crippen molar-refractivity contribution in [3.63, 3.8) is 0 Å². The fourth-order valence-electron chi connectivity index (χ4n) is 7.88. The van der Waals surface area contributed by atoms with Gasteiger partial charge in [-0.3, -0.25) is 9.59 Å². The van der Waals surface area contributed by atoms with Crippen LogP contribution in [0.2, 0.25) is 0 Å². The van der Waals surface area contributed by atoms with Crippen LogP contribution >= 0.6 is 0 Å². The summed E-state index contributed by atoms with van der Waals surface area (Å²) in [5.74, 6) is -1.24. The number of carbonyl (C=O) groups excluding carboxylic acids is 2. The average molecular weight is 891 g/mol. The van der Waals surface area contributed by atoms with Gasteiger partial charge in [0.2, 0.25) is 0 Å². The molecule has 0 spiro atoms. The van der Waals surface area contributed by atoms with Crippen LogP contribution in [0.3, 0.4) is 0 Å². The van der Waals surface area contributed by atoms with Crippen LogP contribution in [0, 0.1) is 0 Å². The largest absolute Gasteiger partial charge is 0.456 e. The molecule has 0 radical (unpaired) electrons. The van der Waals surface area contributed by atoms with E-state index in [9.17, 15) is 9.59 Å². The van der Waals surface area contributed by atoms with Gasteiger partial charge in [-0.05, 0) is 27.8 Å². The molecule has 13 heteroatoms. The minimum atomic E-state index is -1.29. The van der Waals surface area contributed by atoms with Crippen molar-refractivity contribution in [1.82, 2.24) is 0 Å². The van der Waals surface area contributed by atoms with Crippen molar-refractivity contribution in [2.45, 2.75) is 108 Å². The van der Waals surface area contributed by atoms with E-state index in [4.69, 9.17) is 52.1 Å². The molecular weight excluding hydrogens is 833 g/mol. The molecule has 0 amide bonds. The standard InChI is InChI=1S/C52H58O13/c1-36(53)61-46-44(35-57-30-39-21-11-5-12-22-39)64-52(50(48(46)62-37(2)54)60-33-42-27-17-8-18-28-42)65-45-43(34-56-29-38-19-9-4-10-20-38)63-51(55-3)49(59-32-41-25-15-7-16-26-41)47(45)58-31-40-23-13-6-14-24-40/h4-28,43-52H,29-35H2,1-3H3/t43-,44-,45-,46+,47+,48+,49-,50-,51+,52-/m1/s1. The predicted molar refractivity (Wildman–Crippen MR) is 238 cm³/mol. The molecule has 2 fully saturated rings. The monoisotopic (exact) mass is 890 g/mol. The predicted octanol–water partition coefficient (Wildman–Crippen LogP) is 7.52. The molecule has 0 saturated carbocycles. The Kier molecular flexibility index (Phi) is 18.2. The fraction of sp³-hybridized carbons (Fsp3) is 0.385. The molecule has 5 aromatic rings. The van der Waals surface area contributed by atoms with Gasteiger partial charge in [-0.1, -0.05) is 152 Å². The molecule has 2 aliphatic heterocycles. The van der Waals surface area contributed by atoms with Gasteiger partial charge in [0.15, 0.2) is 24.8 Å². The molecular formula is C52H58O13. The lowest BCUT2D eigenvalue weighted by molar-refractivity contribution is -0.371. The van der Waals surface area contributed by atoms with Crippen molar-refractivity contribution in [1.29, 1.82) is 0 Å². The van der Waals surface area contributed by atoms with Gasteiger partial charge in [0, 0.05) is 21.0 Å². The van der Waals surface area contributed by atoms with Crippen molar-refractivity contribution >= 4 is 11.9 Å². The van der Waals surface area contributed by atoms with E-state index in [-0.39, 0.29) is 46.2 Å². The first-order chi connectivity index (χ1) is 31.8. The van der Waals surface area contributed by atoms with Crippen LogP contribution in [0.5, 0.6) is 0 Å². The zero-order chi connectivity index (χ0) is 45.2. The molecule has 5 aromatic carbocycles. The zero-order valence-corrected chi connectivity index (χ0v) is 37.0. The molecule has 0 bridgehead atoms. The van der Waals surface area contributed by atoms with Crippen LogP contribution in [-0.2, 0) is 94.7 Å². The molecule has 0 aliphatic carbocycles. The Morgan fingerprint density at radius 2 is 0.754 bits per heavy atom. The maximum absolute atomic E-state index is 13.0. The topological polar surface area (TPSA) is 136 Å². The smallest absolute Gasteiger partial charge is 0.303 e. The summed E-state index contributed by atoms with van der Waals surface area (Å²) in [5.41, 5.74) is 4.57. The summed E-state index contributed by atoms with van der Waals surface area (Å²) in [5, 5.41) is 0. The van der Waals surface area contributed by atoms with Crippen LogP contribution in [0.1, 0.15) is 41.7 Å². The van der Waals surface area contributed by atoms with Crippen molar-refractivity contribution in [3.05, 3.63) is 179 Å². The Balaban J connectivity index is 1.27. The Labute approximate surface area is 380 Å². The number of methoxy groups -OCH3 is 1. The lowest BCUT2D eigenvalue weighted by Crippen LogP contribution is -2.66. The molecule has 0 unspecified atom stereocenters. The summed E-state index contributed by atoms with van der Waals surface area (Å²) in [6.45, 7) is 3.54. The maximum atomic E-state index is 13.0. The van der Waals surface area contributed by atoms with E-state index in [1.165, 1.54) is 13.8 Å². The molecule has 344 valence electrons. The quantitative estimate of drug-likeness (QED) is 0.0635. The van der Waals surface area contributed by atoms with E-state index >= 15 is 0 Å². The number of hydrogen-bond acceptors (Lipinski definition) is 13. The summed E-state index contributed by atoms with van der Waals surface area (Å²) < 4.78 is 71.5. The van der Waals surface area contributed by atoms with Gasteiger partial charge >= 0.3 is 11.9 Å². The first-order valence-electron chi connectivity index (χ1n) is 21.9. The van der Waals surface area contributed by atoms with E-state index < -0.39 is 73.4 Å². The maximum Gasteiger partial charge on any atom is 0.303 e. The Morgan fingerprint density at radius 1 is 0.415 bits per heavy atom. The van der Waals surface area contributed by atoms with Crippen molar-refractivity contribution in [2.75, 3.05) is 20.3 Å². The van der Waals surface area contributed by atoms with Gasteiger partial charge in [0.25, 0.3) is 0 Å². The first kappa shape index (κ1) is 47.6. The molecule has 2 heterocycles. The highest BCUT2D eigenvalue weighted by Gasteiger charge is 2.55. The number of hydrogen-bond donors (Lipinski definition) is 0. The molecule has 0 aromatic heterocycles. The molecule has 2 aliphatic rings. The molecule has 0 N–H and O–H groups in total. The summed E-state index contributed by atoms with van der Waals surface area (Å²) in [6.07, 6.45) is -10.2. The van der Waals surface area contributed by atoms with Crippen LogP contribution < -0.4 is 0 Å². The van der Waals surface area contributed by atoms with Gasteiger partial charge < -0.3 is 52.1 Å². The second-order valence-corrected chi connectivity index (χ2v) is 15.9. The molecule has 2 saturated heterocycles. The second kappa shape index (κ2) is 24.8. The molecule has 10 atom stereocenters. The lowest BCUT2D eigenvalue weighted by atomic mass is 9.95. The molecule has 7 rings (SSSR count). The summed E-state index contributed by atoms with van der Waals surface area (Å²) in [6, 6.07) is 48.5. The van der Waals surface area contributed by atoms with E-state index in [1.807, 2.05) is 152 Å². The highest BCUT2D eigenvalue weighted by molar-refractivity contribution is 5.67. The highest BCUT2D eigenvalue weighted by Crippen LogP contribution is 2.36. The van der Waals surface area contributed by atoms with E-state index in [2.05, 4.69) is 0 Å². The first-order valence-corrected chi connectivity index (χ1v) is 21.9. The lowest BCUT2D eigenvalue weighted by Gasteiger charge is -2.49. The third-order valence-corrected chi connectivity index (χ3v) is 11.0. The van der Waals surface area contributed by atoms with Crippen molar-refractivity contribution in [3.8, 4) is 0 Å². The Bertz CT molecular complexity index is 2130. The number of benzene rings is 5. The summed E-state index contributed by atoms with van der Waals surface area (Å²) in [7, 11) is 1.55. The average Bonchev–Trinajstić information content (AvgIpc) is 3.33. The zero-order valence-electron chi connectivity index (χ0n) is 37.0. The minimum Gasteiger partial charge on any atom is -0.456 e. The van der Waals surface area contributed by atoms with Crippen LogP contribution in [0.25, 0.3) is 0 Å². The van der Waals surface area contributed by atoms with Crippen LogP contribution in [-0.4, -0.2) is 93.7 Å². The number of rotatable bonds is 22. The number of ether oxygens (including phenoxy) is 11. The second-order valence-electron chi connectivity index (χ2n) is 15.9. The van der Waals surface area contributed by atoms with Gasteiger partial charge in [-0.25, -0.2) is 0 Å². The highest BCUT2D eigenvalue weighted by atomic mass is 16.8. The van der Waals surface area contributed by atoms with Crippen LogP contribution in [0.15, 0.2) is 152 Å². The SMILES string of the molecule is CO[C@H]1O[C@H](COCc2ccccc2)[C@@H](O[C@H]2O[C@H](COCc3ccccc3)[C@H](OC(C)=O)[C@H](OC(C)=O)[C@H]2OCc2ccccc2)[C@H](OCc2ccccc2)[C@H]1OCc1ccccc1. The van der Waals surface area contributed by atoms with Crippen molar-refractivity contribution < 1.29 is 61.7 Å². The number of esters is 2. The Morgan fingerprint density at radius 3 is 1.15 bits per heavy atom. The van der Waals surface area contributed by atoms with Gasteiger partial charge in [0.05, 0.1) is 46.2 Å². The summed E-state index contributed by atoms with van der Waals surface area (Å²) in [4.78, 5) is 25.8. The van der Waals surface area contributed by atoms with Gasteiger partial charge in [-0.15, -0.1) is 0 Å². The fourth-order valence-corrected chi connectivity index (χ4v) is 7.88. The summed E-state index contributed by atoms with van der Waals surface area (Å²) >= 11 is 0.